The monoisotopic (exact) mass is 376 g/mol. The fourth-order valence-corrected chi connectivity index (χ4v) is 3.31. The summed E-state index contributed by atoms with van der Waals surface area (Å²) in [5.41, 5.74) is 2.56. The average Bonchev–Trinajstić information content (AvgIpc) is 3.00. The van der Waals surface area contributed by atoms with Crippen molar-refractivity contribution < 1.29 is 9.59 Å². The number of hydrogen-bond acceptors (Lipinski definition) is 2. The number of hydrogen-bond donors (Lipinski definition) is 1. The van der Waals surface area contributed by atoms with E-state index in [1.54, 1.807) is 23.1 Å². The number of aryl methyl sites for hydroxylation is 1. The minimum atomic E-state index is -0.396. The molecular formula is C19H18Cl2N2O2. The molecule has 1 aliphatic heterocycles. The second kappa shape index (κ2) is 7.46. The van der Waals surface area contributed by atoms with Gasteiger partial charge in [-0.2, -0.15) is 0 Å². The highest BCUT2D eigenvalue weighted by Gasteiger charge is 2.35. The summed E-state index contributed by atoms with van der Waals surface area (Å²) in [7, 11) is 0. The largest absolute Gasteiger partial charge is 0.326 e. The predicted octanol–water partition coefficient (Wildman–Crippen LogP) is 4.55. The lowest BCUT2D eigenvalue weighted by molar-refractivity contribution is -0.122. The van der Waals surface area contributed by atoms with Crippen molar-refractivity contribution in [1.29, 1.82) is 0 Å². The van der Waals surface area contributed by atoms with Crippen LogP contribution >= 0.6 is 23.2 Å². The molecule has 1 N–H and O–H groups in total. The van der Waals surface area contributed by atoms with Crippen LogP contribution in [-0.4, -0.2) is 18.4 Å². The van der Waals surface area contributed by atoms with Crippen LogP contribution in [0.3, 0.4) is 0 Å². The zero-order chi connectivity index (χ0) is 18.0. The number of rotatable bonds is 4. The van der Waals surface area contributed by atoms with Crippen molar-refractivity contribution >= 4 is 46.4 Å². The molecule has 1 saturated heterocycles. The van der Waals surface area contributed by atoms with E-state index < -0.39 is 5.92 Å². The number of carbonyl (C=O) groups is 2. The van der Waals surface area contributed by atoms with Crippen LogP contribution in [0.4, 0.5) is 11.4 Å². The Morgan fingerprint density at radius 1 is 1.20 bits per heavy atom. The van der Waals surface area contributed by atoms with Gasteiger partial charge in [-0.1, -0.05) is 48.3 Å². The molecule has 0 spiro atoms. The van der Waals surface area contributed by atoms with Crippen LogP contribution in [0.2, 0.25) is 10.0 Å². The number of anilines is 2. The minimum Gasteiger partial charge on any atom is -0.326 e. The van der Waals surface area contributed by atoms with Gasteiger partial charge < -0.3 is 10.2 Å². The van der Waals surface area contributed by atoms with E-state index in [1.165, 1.54) is 0 Å². The first-order valence-electron chi connectivity index (χ1n) is 8.13. The molecule has 0 aliphatic carbocycles. The van der Waals surface area contributed by atoms with Gasteiger partial charge in [-0.3, -0.25) is 9.59 Å². The molecule has 2 amide bonds. The summed E-state index contributed by atoms with van der Waals surface area (Å²) in [4.78, 5) is 26.6. The van der Waals surface area contributed by atoms with Crippen molar-refractivity contribution in [2.75, 3.05) is 16.8 Å². The third kappa shape index (κ3) is 3.80. The van der Waals surface area contributed by atoms with E-state index in [9.17, 15) is 9.59 Å². The van der Waals surface area contributed by atoms with Crippen molar-refractivity contribution in [3.8, 4) is 0 Å². The van der Waals surface area contributed by atoms with Crippen LogP contribution in [0.1, 0.15) is 18.9 Å². The molecule has 0 radical (unpaired) electrons. The molecule has 1 aliphatic rings. The van der Waals surface area contributed by atoms with E-state index in [0.29, 0.717) is 22.3 Å². The molecule has 1 atom stereocenters. The van der Waals surface area contributed by atoms with E-state index in [1.807, 2.05) is 31.2 Å². The van der Waals surface area contributed by atoms with Crippen molar-refractivity contribution in [3.05, 3.63) is 58.1 Å². The zero-order valence-corrected chi connectivity index (χ0v) is 15.3. The molecule has 0 saturated carbocycles. The first kappa shape index (κ1) is 17.8. The SMILES string of the molecule is CCc1ccccc1N1C[C@H](C(=O)Nc2ccc(Cl)c(Cl)c2)CC1=O. The first-order chi connectivity index (χ1) is 12.0. The van der Waals surface area contributed by atoms with Crippen LogP contribution in [0, 0.1) is 5.92 Å². The Balaban J connectivity index is 1.73. The normalized spacial score (nSPS) is 17.0. The molecule has 2 aromatic rings. The van der Waals surface area contributed by atoms with Crippen LogP contribution in [0.25, 0.3) is 0 Å². The predicted molar refractivity (Wildman–Crippen MR) is 101 cm³/mol. The highest BCUT2D eigenvalue weighted by Crippen LogP contribution is 2.30. The maximum absolute atomic E-state index is 12.5. The van der Waals surface area contributed by atoms with Crippen molar-refractivity contribution in [1.82, 2.24) is 0 Å². The number of amides is 2. The molecule has 0 unspecified atom stereocenters. The van der Waals surface area contributed by atoms with Gasteiger partial charge in [0.15, 0.2) is 0 Å². The molecule has 4 nitrogen and oxygen atoms in total. The third-order valence-corrected chi connectivity index (χ3v) is 5.09. The highest BCUT2D eigenvalue weighted by molar-refractivity contribution is 6.42. The number of nitrogens with one attached hydrogen (secondary N) is 1. The Hall–Kier alpha value is -2.04. The Kier molecular flexibility index (Phi) is 5.30. The van der Waals surface area contributed by atoms with Crippen LogP contribution in [0.15, 0.2) is 42.5 Å². The molecular weight excluding hydrogens is 359 g/mol. The number of benzene rings is 2. The third-order valence-electron chi connectivity index (χ3n) is 4.35. The van der Waals surface area contributed by atoms with Gasteiger partial charge in [-0.15, -0.1) is 0 Å². The lowest BCUT2D eigenvalue weighted by Gasteiger charge is -2.20. The van der Waals surface area contributed by atoms with Gasteiger partial charge in [0.05, 0.1) is 16.0 Å². The zero-order valence-electron chi connectivity index (χ0n) is 13.8. The molecule has 2 aromatic carbocycles. The van der Waals surface area contributed by atoms with Crippen LogP contribution < -0.4 is 10.2 Å². The molecule has 130 valence electrons. The summed E-state index contributed by atoms with van der Waals surface area (Å²) in [5, 5.41) is 3.62. The quantitative estimate of drug-likeness (QED) is 0.850. The Bertz CT molecular complexity index is 823. The fourth-order valence-electron chi connectivity index (χ4n) is 3.01. The number of nitrogens with zero attached hydrogens (tertiary/aromatic N) is 1. The van der Waals surface area contributed by atoms with Gasteiger partial charge in [0, 0.05) is 24.3 Å². The molecule has 25 heavy (non-hydrogen) atoms. The minimum absolute atomic E-state index is 0.0322. The summed E-state index contributed by atoms with van der Waals surface area (Å²) in [6.45, 7) is 2.43. The van der Waals surface area contributed by atoms with Gasteiger partial charge >= 0.3 is 0 Å². The van der Waals surface area contributed by atoms with Crippen molar-refractivity contribution in [2.45, 2.75) is 19.8 Å². The Morgan fingerprint density at radius 3 is 2.68 bits per heavy atom. The van der Waals surface area contributed by atoms with E-state index in [4.69, 9.17) is 23.2 Å². The Morgan fingerprint density at radius 2 is 1.96 bits per heavy atom. The standard InChI is InChI=1S/C19H18Cl2N2O2/c1-2-12-5-3-4-6-17(12)23-11-13(9-18(23)24)19(25)22-14-7-8-15(20)16(21)10-14/h3-8,10,13H,2,9,11H2,1H3,(H,22,25)/t13-/m1/s1. The lowest BCUT2D eigenvalue weighted by atomic mass is 10.1. The Labute approximate surface area is 156 Å². The number of para-hydroxylation sites is 1. The average molecular weight is 377 g/mol. The summed E-state index contributed by atoms with van der Waals surface area (Å²) >= 11 is 11.9. The number of carbonyl (C=O) groups excluding carboxylic acids is 2. The van der Waals surface area contributed by atoms with Crippen LogP contribution in [0.5, 0.6) is 0 Å². The van der Waals surface area contributed by atoms with E-state index in [2.05, 4.69) is 5.32 Å². The van der Waals surface area contributed by atoms with Crippen molar-refractivity contribution in [2.24, 2.45) is 5.92 Å². The fraction of sp³-hybridized carbons (Fsp3) is 0.263. The topological polar surface area (TPSA) is 49.4 Å². The van der Waals surface area contributed by atoms with Gasteiger partial charge in [0.25, 0.3) is 0 Å². The number of halogens is 2. The molecule has 0 aromatic heterocycles. The summed E-state index contributed by atoms with van der Waals surface area (Å²) < 4.78 is 0. The summed E-state index contributed by atoms with van der Waals surface area (Å²) in [5.74, 6) is -0.620. The van der Waals surface area contributed by atoms with E-state index in [0.717, 1.165) is 17.7 Å². The lowest BCUT2D eigenvalue weighted by Crippen LogP contribution is -2.28. The molecule has 6 heteroatoms. The van der Waals surface area contributed by atoms with E-state index >= 15 is 0 Å². The van der Waals surface area contributed by atoms with Gasteiger partial charge in [0.2, 0.25) is 11.8 Å². The van der Waals surface area contributed by atoms with Gasteiger partial charge in [-0.05, 0) is 36.2 Å². The maximum atomic E-state index is 12.5. The van der Waals surface area contributed by atoms with Crippen molar-refractivity contribution in [3.63, 3.8) is 0 Å². The first-order valence-corrected chi connectivity index (χ1v) is 8.89. The smallest absolute Gasteiger partial charge is 0.229 e. The summed E-state index contributed by atoms with van der Waals surface area (Å²) in [6.07, 6.45) is 1.03. The molecule has 1 heterocycles. The molecule has 3 rings (SSSR count). The second-order valence-corrected chi connectivity index (χ2v) is 6.82. The highest BCUT2D eigenvalue weighted by atomic mass is 35.5. The molecule has 1 fully saturated rings. The maximum Gasteiger partial charge on any atom is 0.229 e. The second-order valence-electron chi connectivity index (χ2n) is 6.01. The van der Waals surface area contributed by atoms with Gasteiger partial charge in [0.1, 0.15) is 0 Å². The van der Waals surface area contributed by atoms with Gasteiger partial charge in [-0.25, -0.2) is 0 Å². The van der Waals surface area contributed by atoms with E-state index in [-0.39, 0.29) is 18.2 Å². The molecule has 0 bridgehead atoms. The van der Waals surface area contributed by atoms with Crippen LogP contribution in [-0.2, 0) is 16.0 Å². The summed E-state index contributed by atoms with van der Waals surface area (Å²) in [6, 6.07) is 12.7.